The summed E-state index contributed by atoms with van der Waals surface area (Å²) >= 11 is 0. The maximum absolute atomic E-state index is 11.3. The van der Waals surface area contributed by atoms with Gasteiger partial charge in [0, 0.05) is 5.56 Å². The Balaban J connectivity index is 2.20. The first kappa shape index (κ1) is 11.7. The normalized spacial score (nSPS) is 11.5. The van der Waals surface area contributed by atoms with Gasteiger partial charge < -0.3 is 14.9 Å². The number of nitrogens with one attached hydrogen (secondary N) is 1. The molecule has 0 saturated heterocycles. The van der Waals surface area contributed by atoms with Crippen LogP contribution in [0.15, 0.2) is 17.3 Å². The van der Waals surface area contributed by atoms with Gasteiger partial charge in [0.05, 0.1) is 32.3 Å². The van der Waals surface area contributed by atoms with Gasteiger partial charge in [0.2, 0.25) is 0 Å². The van der Waals surface area contributed by atoms with Crippen molar-refractivity contribution in [1.82, 2.24) is 19.6 Å². The molecule has 0 aliphatic rings. The number of aromatic nitrogens is 4. The quantitative estimate of drug-likeness (QED) is 0.573. The van der Waals surface area contributed by atoms with E-state index in [2.05, 4.69) is 15.1 Å². The average molecular weight is 240 g/mol. The number of rotatable bonds is 5. The lowest BCUT2D eigenvalue weighted by Crippen LogP contribution is -2.22. The maximum Gasteiger partial charge on any atom is 0.349 e. The summed E-state index contributed by atoms with van der Waals surface area (Å²) in [5.74, 6) is 0. The van der Waals surface area contributed by atoms with E-state index >= 15 is 0 Å². The van der Waals surface area contributed by atoms with E-state index in [-0.39, 0.29) is 25.5 Å². The molecule has 2 aromatic heterocycles. The second-order valence-electron chi connectivity index (χ2n) is 3.41. The monoisotopic (exact) mass is 240 g/mol. The molecule has 2 aromatic rings. The number of nitrogens with zero attached hydrogens (tertiary/aromatic N) is 3. The molecule has 0 fully saturated rings. The zero-order chi connectivity index (χ0) is 12.3. The zero-order valence-corrected chi connectivity index (χ0v) is 8.91. The maximum atomic E-state index is 11.3. The smallest absolute Gasteiger partial charge is 0.349 e. The molecular weight excluding hydrogens is 228 g/mol. The summed E-state index contributed by atoms with van der Waals surface area (Å²) in [6.45, 7) is -0.431. The first-order valence-corrected chi connectivity index (χ1v) is 5.00. The van der Waals surface area contributed by atoms with E-state index in [4.69, 9.17) is 14.9 Å². The highest BCUT2D eigenvalue weighted by molar-refractivity contribution is 5.44. The molecule has 0 aliphatic carbocycles. The number of aliphatic hydroxyl groups excluding tert-OH is 2. The summed E-state index contributed by atoms with van der Waals surface area (Å²) in [5, 5.41) is 21.5. The van der Waals surface area contributed by atoms with E-state index in [1.807, 2.05) is 0 Å². The van der Waals surface area contributed by atoms with Crippen molar-refractivity contribution in [2.24, 2.45) is 0 Å². The molecular formula is C9H12N4O4. The van der Waals surface area contributed by atoms with Crippen molar-refractivity contribution in [3.05, 3.63) is 28.6 Å². The molecule has 0 saturated carbocycles. The number of hydrogen-bond donors (Lipinski definition) is 3. The van der Waals surface area contributed by atoms with E-state index in [9.17, 15) is 4.79 Å². The van der Waals surface area contributed by atoms with Crippen LogP contribution in [-0.2, 0) is 11.3 Å². The summed E-state index contributed by atoms with van der Waals surface area (Å²) in [4.78, 5) is 17.7. The number of hydrogen-bond acceptors (Lipinski definition) is 6. The Bertz CT molecular complexity index is 545. The highest BCUT2D eigenvalue weighted by Gasteiger charge is 2.11. The third-order valence-electron chi connectivity index (χ3n) is 2.27. The van der Waals surface area contributed by atoms with Gasteiger partial charge in [0.1, 0.15) is 6.10 Å². The number of aromatic amines is 1. The third kappa shape index (κ3) is 2.33. The fraction of sp³-hybridized carbons (Fsp3) is 0.444. The number of H-pyrrole nitrogens is 1. The Morgan fingerprint density at radius 3 is 2.94 bits per heavy atom. The predicted octanol–water partition coefficient (Wildman–Crippen LogP) is -1.71. The summed E-state index contributed by atoms with van der Waals surface area (Å²) < 4.78 is 6.34. The van der Waals surface area contributed by atoms with Gasteiger partial charge >= 0.3 is 5.69 Å². The standard InChI is InChI=1S/C9H12N4O4/c14-2-7(3-15)17-4-6-1-12-13-8(6)10-5-11-9(13)16/h1,5,7,14-15H,2-4H2,(H,10,11,16). The van der Waals surface area contributed by atoms with Crippen molar-refractivity contribution in [2.75, 3.05) is 13.2 Å². The Labute approximate surface area is 95.5 Å². The summed E-state index contributed by atoms with van der Waals surface area (Å²) in [5.41, 5.74) is 0.619. The Hall–Kier alpha value is -1.77. The molecule has 2 rings (SSSR count). The molecule has 8 nitrogen and oxygen atoms in total. The van der Waals surface area contributed by atoms with Crippen LogP contribution in [0.25, 0.3) is 5.65 Å². The summed E-state index contributed by atoms with van der Waals surface area (Å²) in [6.07, 6.45) is 2.09. The molecule has 0 aliphatic heterocycles. The Kier molecular flexibility index (Phi) is 3.47. The molecule has 0 radical (unpaired) electrons. The van der Waals surface area contributed by atoms with E-state index in [1.54, 1.807) is 0 Å². The molecule has 0 amide bonds. The van der Waals surface area contributed by atoms with Gasteiger partial charge in [-0.1, -0.05) is 0 Å². The van der Waals surface area contributed by atoms with Crippen LogP contribution >= 0.6 is 0 Å². The Morgan fingerprint density at radius 1 is 1.47 bits per heavy atom. The van der Waals surface area contributed by atoms with Gasteiger partial charge in [0.25, 0.3) is 0 Å². The van der Waals surface area contributed by atoms with Gasteiger partial charge in [-0.15, -0.1) is 0 Å². The van der Waals surface area contributed by atoms with Crippen LogP contribution in [0.4, 0.5) is 0 Å². The minimum absolute atomic E-state index is 0.117. The van der Waals surface area contributed by atoms with E-state index < -0.39 is 6.10 Å². The van der Waals surface area contributed by atoms with Gasteiger partial charge in [-0.25, -0.2) is 9.78 Å². The predicted molar refractivity (Wildman–Crippen MR) is 56.4 cm³/mol. The third-order valence-corrected chi connectivity index (χ3v) is 2.27. The average Bonchev–Trinajstić information content (AvgIpc) is 2.75. The second-order valence-corrected chi connectivity index (χ2v) is 3.41. The summed E-state index contributed by atoms with van der Waals surface area (Å²) in [6, 6.07) is 0. The first-order valence-electron chi connectivity index (χ1n) is 5.00. The number of fused-ring (bicyclic) bond motifs is 1. The molecule has 8 heteroatoms. The van der Waals surface area contributed by atoms with Crippen molar-refractivity contribution < 1.29 is 14.9 Å². The Morgan fingerprint density at radius 2 is 2.24 bits per heavy atom. The van der Waals surface area contributed by atoms with Crippen molar-refractivity contribution in [1.29, 1.82) is 0 Å². The topological polar surface area (TPSA) is 113 Å². The molecule has 92 valence electrons. The molecule has 3 N–H and O–H groups in total. The lowest BCUT2D eigenvalue weighted by Gasteiger charge is -2.11. The molecule has 0 atom stereocenters. The van der Waals surface area contributed by atoms with E-state index in [1.165, 1.54) is 12.5 Å². The number of ether oxygens (including phenoxy) is 1. The molecule has 0 aromatic carbocycles. The summed E-state index contributed by atoms with van der Waals surface area (Å²) in [7, 11) is 0. The van der Waals surface area contributed by atoms with Crippen LogP contribution in [0.2, 0.25) is 0 Å². The zero-order valence-electron chi connectivity index (χ0n) is 8.91. The fourth-order valence-corrected chi connectivity index (χ4v) is 1.34. The van der Waals surface area contributed by atoms with Crippen LogP contribution in [0.1, 0.15) is 5.56 Å². The van der Waals surface area contributed by atoms with Crippen LogP contribution in [0.5, 0.6) is 0 Å². The van der Waals surface area contributed by atoms with Crippen LogP contribution < -0.4 is 5.69 Å². The van der Waals surface area contributed by atoms with Crippen molar-refractivity contribution in [2.45, 2.75) is 12.7 Å². The van der Waals surface area contributed by atoms with Crippen LogP contribution in [-0.4, -0.2) is 49.1 Å². The van der Waals surface area contributed by atoms with Crippen LogP contribution in [0, 0.1) is 0 Å². The SMILES string of the molecule is O=c1[nH]cnc2c(COC(CO)CO)cnn12. The second kappa shape index (κ2) is 5.04. The van der Waals surface area contributed by atoms with Gasteiger partial charge in [-0.05, 0) is 0 Å². The van der Waals surface area contributed by atoms with Crippen molar-refractivity contribution in [3.63, 3.8) is 0 Å². The molecule has 2 heterocycles. The fourth-order valence-electron chi connectivity index (χ4n) is 1.34. The van der Waals surface area contributed by atoms with E-state index in [0.29, 0.717) is 11.2 Å². The molecule has 0 spiro atoms. The lowest BCUT2D eigenvalue weighted by molar-refractivity contribution is -0.0281. The highest BCUT2D eigenvalue weighted by Crippen LogP contribution is 2.07. The van der Waals surface area contributed by atoms with Gasteiger partial charge in [-0.2, -0.15) is 9.61 Å². The first-order chi connectivity index (χ1) is 8.26. The lowest BCUT2D eigenvalue weighted by atomic mass is 10.3. The van der Waals surface area contributed by atoms with Crippen LogP contribution in [0.3, 0.4) is 0 Å². The van der Waals surface area contributed by atoms with E-state index in [0.717, 1.165) is 4.52 Å². The number of aliphatic hydroxyl groups is 2. The minimum Gasteiger partial charge on any atom is -0.394 e. The molecule has 0 bridgehead atoms. The van der Waals surface area contributed by atoms with Gasteiger partial charge in [-0.3, -0.25) is 4.98 Å². The minimum atomic E-state index is -0.646. The van der Waals surface area contributed by atoms with Crippen molar-refractivity contribution in [3.8, 4) is 0 Å². The molecule has 0 unspecified atom stereocenters. The highest BCUT2D eigenvalue weighted by atomic mass is 16.5. The van der Waals surface area contributed by atoms with Gasteiger partial charge in [0.15, 0.2) is 5.65 Å². The van der Waals surface area contributed by atoms with Crippen molar-refractivity contribution >= 4 is 5.65 Å². The largest absolute Gasteiger partial charge is 0.394 e. The molecule has 17 heavy (non-hydrogen) atoms.